The number of ether oxygens (including phenoxy) is 1. The molecule has 4 aromatic heterocycles. The Kier molecular flexibility index (Phi) is 6.58. The summed E-state index contributed by atoms with van der Waals surface area (Å²) in [7, 11) is 0. The van der Waals surface area contributed by atoms with Crippen LogP contribution in [0.25, 0.3) is 28.0 Å². The summed E-state index contributed by atoms with van der Waals surface area (Å²) in [6.45, 7) is 14.8. The predicted molar refractivity (Wildman–Crippen MR) is 148 cm³/mol. The summed E-state index contributed by atoms with van der Waals surface area (Å²) in [5.41, 5.74) is 2.10. The van der Waals surface area contributed by atoms with Gasteiger partial charge in [0.25, 0.3) is 0 Å². The van der Waals surface area contributed by atoms with E-state index in [-0.39, 0.29) is 11.6 Å². The third-order valence-electron chi connectivity index (χ3n) is 6.43. The number of fused-ring (bicyclic) bond motifs is 1. The van der Waals surface area contributed by atoms with Crippen molar-refractivity contribution in [1.29, 1.82) is 0 Å². The van der Waals surface area contributed by atoms with Crippen molar-refractivity contribution in [2.45, 2.75) is 59.1 Å². The zero-order valence-corrected chi connectivity index (χ0v) is 23.0. The minimum Gasteiger partial charge on any atom is -0.444 e. The van der Waals surface area contributed by atoms with Crippen LogP contribution >= 0.6 is 0 Å². The summed E-state index contributed by atoms with van der Waals surface area (Å²) >= 11 is 0. The highest BCUT2D eigenvalue weighted by Crippen LogP contribution is 2.26. The molecule has 0 radical (unpaired) electrons. The van der Waals surface area contributed by atoms with Gasteiger partial charge in [0.05, 0.1) is 29.1 Å². The van der Waals surface area contributed by atoms with Crippen LogP contribution in [0.1, 0.15) is 48.0 Å². The molecule has 0 spiro atoms. The van der Waals surface area contributed by atoms with Crippen molar-refractivity contribution in [2.24, 2.45) is 0 Å². The average Bonchev–Trinajstić information content (AvgIpc) is 3.44. The summed E-state index contributed by atoms with van der Waals surface area (Å²) in [5.74, 6) is 1.59. The number of pyridine rings is 2. The first kappa shape index (κ1) is 25.7. The monoisotopic (exact) mass is 516 g/mol. The number of carbonyl (C=O) groups is 1. The third-order valence-corrected chi connectivity index (χ3v) is 6.43. The van der Waals surface area contributed by atoms with Crippen LogP contribution in [0.3, 0.4) is 0 Å². The topological polar surface area (TPSA) is 94.2 Å². The van der Waals surface area contributed by atoms with E-state index >= 15 is 0 Å². The van der Waals surface area contributed by atoms with E-state index in [1.807, 2.05) is 79.2 Å². The Morgan fingerprint density at radius 1 is 0.921 bits per heavy atom. The van der Waals surface area contributed by atoms with Gasteiger partial charge in [-0.05, 0) is 66.2 Å². The molecule has 1 aliphatic rings. The quantitative estimate of drug-likeness (QED) is 0.383. The molecule has 200 valence electrons. The molecule has 0 aliphatic carbocycles. The fourth-order valence-electron chi connectivity index (χ4n) is 4.44. The van der Waals surface area contributed by atoms with Gasteiger partial charge in [-0.3, -0.25) is 9.67 Å². The van der Waals surface area contributed by atoms with Crippen molar-refractivity contribution in [3.05, 3.63) is 49.1 Å². The van der Waals surface area contributed by atoms with Gasteiger partial charge in [-0.2, -0.15) is 10.2 Å². The number of hydrogen-bond acceptors (Lipinski definition) is 7. The van der Waals surface area contributed by atoms with E-state index in [0.29, 0.717) is 19.6 Å². The Bertz CT molecular complexity index is 1440. The van der Waals surface area contributed by atoms with Crippen molar-refractivity contribution in [2.75, 3.05) is 31.1 Å². The third kappa shape index (κ3) is 5.49. The fraction of sp³-hybridized carbons (Fsp3) is 0.464. The van der Waals surface area contributed by atoms with Crippen LogP contribution in [0, 0.1) is 0 Å². The van der Waals surface area contributed by atoms with Crippen LogP contribution in [0.15, 0.2) is 49.1 Å². The van der Waals surface area contributed by atoms with Crippen molar-refractivity contribution < 1.29 is 9.53 Å². The van der Waals surface area contributed by atoms with Gasteiger partial charge in [0.1, 0.15) is 11.4 Å². The van der Waals surface area contributed by atoms with Crippen LogP contribution < -0.4 is 4.90 Å². The highest BCUT2D eigenvalue weighted by Gasteiger charge is 2.25. The zero-order chi connectivity index (χ0) is 27.1. The Morgan fingerprint density at radius 2 is 1.71 bits per heavy atom. The van der Waals surface area contributed by atoms with Gasteiger partial charge in [0.2, 0.25) is 0 Å². The molecular weight excluding hydrogens is 480 g/mol. The summed E-state index contributed by atoms with van der Waals surface area (Å²) in [5, 5.41) is 10.1. The largest absolute Gasteiger partial charge is 0.444 e. The highest BCUT2D eigenvalue weighted by atomic mass is 16.6. The second-order valence-corrected chi connectivity index (χ2v) is 11.7. The van der Waals surface area contributed by atoms with Gasteiger partial charge in [-0.25, -0.2) is 14.5 Å². The molecule has 0 N–H and O–H groups in total. The highest BCUT2D eigenvalue weighted by molar-refractivity contribution is 5.83. The van der Waals surface area contributed by atoms with Crippen molar-refractivity contribution in [1.82, 2.24) is 34.4 Å². The Hall–Kier alpha value is -3.95. The zero-order valence-electron chi connectivity index (χ0n) is 23.0. The van der Waals surface area contributed by atoms with Gasteiger partial charge >= 0.3 is 6.09 Å². The number of aromatic nitrogens is 6. The minimum atomic E-state index is -0.506. The van der Waals surface area contributed by atoms with Crippen LogP contribution in [-0.2, 0) is 10.3 Å². The van der Waals surface area contributed by atoms with Crippen LogP contribution in [0.4, 0.5) is 10.6 Å². The molecule has 38 heavy (non-hydrogen) atoms. The molecule has 1 amide bonds. The van der Waals surface area contributed by atoms with E-state index < -0.39 is 5.60 Å². The van der Waals surface area contributed by atoms with Gasteiger partial charge in [-0.1, -0.05) is 6.07 Å². The molecule has 1 fully saturated rings. The molecule has 0 atom stereocenters. The maximum absolute atomic E-state index is 12.6. The normalized spacial score (nSPS) is 15.1. The van der Waals surface area contributed by atoms with Crippen LogP contribution in [0.2, 0.25) is 0 Å². The molecule has 0 bridgehead atoms. The van der Waals surface area contributed by atoms with E-state index in [9.17, 15) is 4.79 Å². The second kappa shape index (κ2) is 9.74. The number of anilines is 1. The lowest BCUT2D eigenvalue weighted by molar-refractivity contribution is 0.0263. The molecule has 0 unspecified atom stereocenters. The minimum absolute atomic E-state index is 0.105. The molecule has 4 aromatic rings. The fourth-order valence-corrected chi connectivity index (χ4v) is 4.44. The average molecular weight is 517 g/mol. The van der Waals surface area contributed by atoms with Crippen molar-refractivity contribution in [3.8, 4) is 17.1 Å². The summed E-state index contributed by atoms with van der Waals surface area (Å²) in [6.07, 6.45) is 8.09. The first-order valence-electron chi connectivity index (χ1n) is 13.1. The van der Waals surface area contributed by atoms with E-state index in [0.717, 1.165) is 46.8 Å². The molecule has 10 heteroatoms. The standard InChI is InChI=1S/C28H36N8O2/c1-27(2,3)35-19-21(18-30-35)22-15-23-20(16-29-22)17-31-36(23)25-10-7-9-24(32-25)33-11-8-12-34(14-13-33)26(37)38-28(4,5)6/h7,9-10,15-19H,8,11-14H2,1-6H3. The lowest BCUT2D eigenvalue weighted by atomic mass is 10.1. The van der Waals surface area contributed by atoms with Crippen LogP contribution in [0.5, 0.6) is 0 Å². The second-order valence-electron chi connectivity index (χ2n) is 11.7. The number of amides is 1. The van der Waals surface area contributed by atoms with Crippen molar-refractivity contribution in [3.63, 3.8) is 0 Å². The lowest BCUT2D eigenvalue weighted by Gasteiger charge is -2.26. The molecule has 10 nitrogen and oxygen atoms in total. The maximum Gasteiger partial charge on any atom is 0.410 e. The molecule has 0 aromatic carbocycles. The first-order valence-corrected chi connectivity index (χ1v) is 13.1. The van der Waals surface area contributed by atoms with E-state index in [4.69, 9.17) is 9.72 Å². The maximum atomic E-state index is 12.6. The van der Waals surface area contributed by atoms with E-state index in [2.05, 4.69) is 40.9 Å². The summed E-state index contributed by atoms with van der Waals surface area (Å²) in [6, 6.07) is 7.99. The summed E-state index contributed by atoms with van der Waals surface area (Å²) in [4.78, 5) is 26.2. The van der Waals surface area contributed by atoms with Gasteiger partial charge in [-0.15, -0.1) is 0 Å². The Labute approximate surface area is 223 Å². The van der Waals surface area contributed by atoms with Crippen molar-refractivity contribution >= 4 is 22.8 Å². The molecule has 1 aliphatic heterocycles. The van der Waals surface area contributed by atoms with E-state index in [1.165, 1.54) is 0 Å². The van der Waals surface area contributed by atoms with Gasteiger partial charge in [0, 0.05) is 49.5 Å². The SMILES string of the molecule is CC(C)(C)OC(=O)N1CCCN(c2cccc(-n3ncc4cnc(-c5cnn(C(C)(C)C)c5)cc43)n2)CC1. The Morgan fingerprint density at radius 3 is 2.45 bits per heavy atom. The smallest absolute Gasteiger partial charge is 0.410 e. The predicted octanol–water partition coefficient (Wildman–Crippen LogP) is 4.88. The summed E-state index contributed by atoms with van der Waals surface area (Å²) < 4.78 is 9.37. The molecule has 1 saturated heterocycles. The molecule has 5 rings (SSSR count). The van der Waals surface area contributed by atoms with E-state index in [1.54, 1.807) is 4.90 Å². The molecule has 5 heterocycles. The van der Waals surface area contributed by atoms with Gasteiger partial charge in [0.15, 0.2) is 5.82 Å². The molecule has 0 saturated carbocycles. The number of hydrogen-bond donors (Lipinski definition) is 0. The lowest BCUT2D eigenvalue weighted by Crippen LogP contribution is -2.39. The first-order chi connectivity index (χ1) is 18.0. The molecular formula is C28H36N8O2. The number of rotatable bonds is 3. The Balaban J connectivity index is 1.38. The number of carbonyl (C=O) groups excluding carboxylic acids is 1. The number of nitrogens with zero attached hydrogens (tertiary/aromatic N) is 8. The van der Waals surface area contributed by atoms with Crippen LogP contribution in [-0.4, -0.2) is 72.3 Å². The van der Waals surface area contributed by atoms with Gasteiger partial charge < -0.3 is 14.5 Å².